The maximum atomic E-state index is 13.0. The van der Waals surface area contributed by atoms with Crippen molar-refractivity contribution >= 4 is 53.2 Å². The second-order valence-corrected chi connectivity index (χ2v) is 22.6. The van der Waals surface area contributed by atoms with Crippen LogP contribution in [0.2, 0.25) is 0 Å². The second-order valence-electron chi connectivity index (χ2n) is 22.6. The van der Waals surface area contributed by atoms with E-state index < -0.39 is 36.0 Å². The molecule has 1 aromatic carbocycles. The molecular formula is C63H106N8O15. The Bertz CT molecular complexity index is 2060. The molecule has 6 amide bonds. The van der Waals surface area contributed by atoms with Crippen molar-refractivity contribution in [2.24, 2.45) is 17.6 Å². The van der Waals surface area contributed by atoms with Gasteiger partial charge in [0.25, 0.3) is 0 Å². The molecular weight excluding hydrogens is 1110 g/mol. The zero-order chi connectivity index (χ0) is 62.8. The van der Waals surface area contributed by atoms with Crippen molar-refractivity contribution in [1.29, 1.82) is 0 Å². The highest BCUT2D eigenvalue weighted by molar-refractivity contribution is 5.87. The minimum absolute atomic E-state index is 0.0624. The number of carbonyl (C=O) groups excluding carboxylic acids is 7. The average Bonchev–Trinajstić information content (AvgIpc) is 3.70. The zero-order valence-corrected chi connectivity index (χ0v) is 51.5. The Hall–Kier alpha value is -5.59. The van der Waals surface area contributed by atoms with E-state index in [0.29, 0.717) is 58.0 Å². The molecule has 2 rings (SSSR count). The summed E-state index contributed by atoms with van der Waals surface area (Å²) in [6.45, 7) is 3.99. The molecule has 0 aliphatic heterocycles. The van der Waals surface area contributed by atoms with Crippen LogP contribution in [0, 0.1) is 25.8 Å². The number of primary amides is 1. The quantitative estimate of drug-likeness (QED) is 0.0298. The first-order valence-corrected chi connectivity index (χ1v) is 31.8. The van der Waals surface area contributed by atoms with Crippen molar-refractivity contribution in [2.75, 3.05) is 85.6 Å². The van der Waals surface area contributed by atoms with Gasteiger partial charge in [-0.25, -0.2) is 4.79 Å². The summed E-state index contributed by atoms with van der Waals surface area (Å²) < 4.78 is 21.6. The molecule has 3 atom stereocenters. The number of unbranched alkanes of at least 4 members (excludes halogenated alkanes) is 16. The Balaban J connectivity index is 1.37. The number of amides is 6. The van der Waals surface area contributed by atoms with E-state index in [2.05, 4.69) is 37.2 Å². The average molecular weight is 1220 g/mol. The van der Waals surface area contributed by atoms with Crippen LogP contribution in [0.1, 0.15) is 184 Å². The van der Waals surface area contributed by atoms with Crippen LogP contribution in [0.4, 0.5) is 0 Å². The molecule has 2 radical (unpaired) electrons. The number of aryl methyl sites for hydroxylation is 1. The van der Waals surface area contributed by atoms with Crippen molar-refractivity contribution in [3.05, 3.63) is 42.4 Å². The molecule has 0 bridgehead atoms. The normalized spacial score (nSPS) is 15.0. The summed E-state index contributed by atoms with van der Waals surface area (Å²) in [6, 6.07) is 5.17. The molecule has 0 saturated heterocycles. The fraction of sp³-hybridized carbons (Fsp3) is 0.746. The molecule has 1 fully saturated rings. The van der Waals surface area contributed by atoms with Crippen LogP contribution < -0.4 is 43.0 Å². The monoisotopic (exact) mass is 1210 g/mol. The van der Waals surface area contributed by atoms with Crippen molar-refractivity contribution in [2.45, 2.75) is 205 Å². The molecule has 1 aliphatic carbocycles. The molecule has 1 aromatic rings. The minimum atomic E-state index is -1.21. The smallest absolute Gasteiger partial charge is 0.326 e. The van der Waals surface area contributed by atoms with Gasteiger partial charge in [-0.3, -0.25) is 43.7 Å². The standard InChI is InChI=1S/C63H106N8O15/c1-48-24-26-49(27-25-48)43-54(61(64)79)69-45-55(72)52(65-2)21-19-20-34-66-58(75)46-85-41-40-84-38-36-68-59(76)47-86-42-39-83-37-35-67-57(74)33-32-53(63(81)82)71-62(80)51-30-28-50(29-31-51)44-70-56(73)22-17-15-13-11-9-7-5-3-4-6-8-10-12-14-16-18-23-60(77)78/h2,24-27,50-54,65,69H,3-23,28-47H2,1H3,(H2,64,79)(H,66,75)(H,67,74)(H,68,76)(H,70,73)(H,71,80)(H,77,78)(H,81,82)/t50?,51?,52?,53?,54-/m0/s1. The molecule has 0 spiro atoms. The van der Waals surface area contributed by atoms with Crippen LogP contribution in [-0.2, 0) is 68.5 Å². The molecule has 11 N–H and O–H groups in total. The SMILES string of the molecule is [CH]NC(CCCCNC(=O)COCCOCCNC(=O)COCCOCCNC(=O)CCC(NC(=O)C1CCC(CNC(=O)CCCCCCCCCCCCCCCCCCC(=O)O)CC1)C(=O)O)C(=O)CN[C@@H](Cc1ccc(C)cc1)C(N)=O. The molecule has 1 aliphatic rings. The topological polar surface area (TPSA) is 341 Å². The third-order valence-electron chi connectivity index (χ3n) is 15.2. The van der Waals surface area contributed by atoms with Gasteiger partial charge in [0.2, 0.25) is 35.4 Å². The minimum Gasteiger partial charge on any atom is -0.481 e. The number of hydrogen-bond acceptors (Lipinski definition) is 15. The van der Waals surface area contributed by atoms with Gasteiger partial charge in [-0.15, -0.1) is 0 Å². The maximum absolute atomic E-state index is 13.0. The number of Topliss-reactive ketones (excluding diaryl/α,β-unsaturated/α-hetero) is 1. The Morgan fingerprint density at radius 1 is 0.535 bits per heavy atom. The van der Waals surface area contributed by atoms with E-state index in [0.717, 1.165) is 62.5 Å². The first-order chi connectivity index (χ1) is 41.6. The highest BCUT2D eigenvalue weighted by Gasteiger charge is 2.30. The third kappa shape index (κ3) is 41.5. The number of ether oxygens (including phenoxy) is 4. The second kappa shape index (κ2) is 50.4. The van der Waals surface area contributed by atoms with Gasteiger partial charge in [0, 0.05) is 58.4 Å². The van der Waals surface area contributed by atoms with E-state index in [4.69, 9.17) is 36.8 Å². The number of carboxylic acids is 2. The third-order valence-corrected chi connectivity index (χ3v) is 15.2. The summed E-state index contributed by atoms with van der Waals surface area (Å²) in [7, 11) is 5.62. The molecule has 86 heavy (non-hydrogen) atoms. The van der Waals surface area contributed by atoms with Crippen LogP contribution in [0.5, 0.6) is 0 Å². The van der Waals surface area contributed by atoms with E-state index in [1.807, 2.05) is 31.2 Å². The lowest BCUT2D eigenvalue weighted by molar-refractivity contribution is -0.143. The van der Waals surface area contributed by atoms with Crippen molar-refractivity contribution in [3.8, 4) is 0 Å². The summed E-state index contributed by atoms with van der Waals surface area (Å²) in [6.07, 6.45) is 24.0. The maximum Gasteiger partial charge on any atom is 0.326 e. The Labute approximate surface area is 511 Å². The lowest BCUT2D eigenvalue weighted by Gasteiger charge is -2.28. The predicted octanol–water partition coefficient (Wildman–Crippen LogP) is 5.14. The number of aliphatic carboxylic acids is 2. The lowest BCUT2D eigenvalue weighted by atomic mass is 9.81. The van der Waals surface area contributed by atoms with Gasteiger partial charge in [0.05, 0.1) is 58.3 Å². The summed E-state index contributed by atoms with van der Waals surface area (Å²) in [4.78, 5) is 109. The van der Waals surface area contributed by atoms with Gasteiger partial charge in [0.1, 0.15) is 19.3 Å². The molecule has 2 unspecified atom stereocenters. The van der Waals surface area contributed by atoms with Crippen LogP contribution in [0.25, 0.3) is 0 Å². The first-order valence-electron chi connectivity index (χ1n) is 31.8. The largest absolute Gasteiger partial charge is 0.481 e. The van der Waals surface area contributed by atoms with Crippen LogP contribution in [0.15, 0.2) is 24.3 Å². The molecule has 23 nitrogen and oxygen atoms in total. The molecule has 488 valence electrons. The molecule has 1 saturated carbocycles. The number of rotatable bonds is 56. The number of nitrogens with one attached hydrogen (secondary N) is 7. The summed E-state index contributed by atoms with van der Waals surface area (Å²) in [5.41, 5.74) is 7.57. The number of carbonyl (C=O) groups is 9. The Morgan fingerprint density at radius 2 is 1.02 bits per heavy atom. The summed E-state index contributed by atoms with van der Waals surface area (Å²) in [5, 5.41) is 37.7. The lowest BCUT2D eigenvalue weighted by Crippen LogP contribution is -2.48. The number of benzene rings is 1. The van der Waals surface area contributed by atoms with E-state index in [1.54, 1.807) is 0 Å². The Kier molecular flexibility index (Phi) is 44.8. The number of nitrogens with two attached hydrogens (primary N) is 1. The van der Waals surface area contributed by atoms with Gasteiger partial charge < -0.3 is 66.8 Å². The van der Waals surface area contributed by atoms with Gasteiger partial charge in [-0.05, 0) is 89.0 Å². The summed E-state index contributed by atoms with van der Waals surface area (Å²) in [5.74, 6) is -4.02. The fourth-order valence-corrected chi connectivity index (χ4v) is 9.94. The van der Waals surface area contributed by atoms with Crippen LogP contribution in [-0.4, -0.2) is 167 Å². The van der Waals surface area contributed by atoms with Crippen LogP contribution >= 0.6 is 0 Å². The Morgan fingerprint density at radius 3 is 1.53 bits per heavy atom. The van der Waals surface area contributed by atoms with E-state index >= 15 is 0 Å². The number of hydrogen-bond donors (Lipinski definition) is 10. The summed E-state index contributed by atoms with van der Waals surface area (Å²) >= 11 is 0. The highest BCUT2D eigenvalue weighted by Crippen LogP contribution is 2.29. The van der Waals surface area contributed by atoms with E-state index in [-0.39, 0.29) is 139 Å². The van der Waals surface area contributed by atoms with E-state index in [1.165, 1.54) is 64.2 Å². The van der Waals surface area contributed by atoms with Gasteiger partial charge in [-0.1, -0.05) is 120 Å². The van der Waals surface area contributed by atoms with Gasteiger partial charge >= 0.3 is 11.9 Å². The number of ketones is 1. The molecule has 0 aromatic heterocycles. The van der Waals surface area contributed by atoms with Crippen molar-refractivity contribution in [3.63, 3.8) is 0 Å². The molecule has 0 heterocycles. The highest BCUT2D eigenvalue weighted by atomic mass is 16.5. The number of carboxylic acid groups (broad SMARTS) is 2. The van der Waals surface area contributed by atoms with E-state index in [9.17, 15) is 48.3 Å². The van der Waals surface area contributed by atoms with Gasteiger partial charge in [0.15, 0.2) is 5.78 Å². The van der Waals surface area contributed by atoms with Gasteiger partial charge in [-0.2, -0.15) is 0 Å². The molecule has 23 heteroatoms. The van der Waals surface area contributed by atoms with Crippen LogP contribution in [0.3, 0.4) is 0 Å². The van der Waals surface area contributed by atoms with Crippen molar-refractivity contribution < 1.29 is 72.3 Å². The zero-order valence-electron chi connectivity index (χ0n) is 51.5. The predicted molar refractivity (Wildman–Crippen MR) is 326 cm³/mol. The fourth-order valence-electron chi connectivity index (χ4n) is 9.94. The van der Waals surface area contributed by atoms with Crippen molar-refractivity contribution in [1.82, 2.24) is 37.2 Å². The first kappa shape index (κ1) is 76.5.